The Kier molecular flexibility index (Phi) is 5.61. The molecular weight excluding hydrogens is 274 g/mol. The monoisotopic (exact) mass is 301 g/mol. The molecule has 0 aliphatic rings. The Morgan fingerprint density at radius 1 is 1.32 bits per heavy atom. The van der Waals surface area contributed by atoms with Gasteiger partial charge in [-0.1, -0.05) is 19.1 Å². The van der Waals surface area contributed by atoms with Crippen LogP contribution in [0.15, 0.2) is 30.6 Å². The zero-order valence-corrected chi connectivity index (χ0v) is 14.3. The van der Waals surface area contributed by atoms with Crippen LogP contribution in [-0.2, 0) is 13.6 Å². The van der Waals surface area contributed by atoms with Crippen LogP contribution in [0.1, 0.15) is 49.9 Å². The summed E-state index contributed by atoms with van der Waals surface area (Å²) in [7, 11) is 1.94. The molecule has 2 aromatic rings. The molecule has 4 heteroatoms. The number of aromatic nitrogens is 2. The highest BCUT2D eigenvalue weighted by molar-refractivity contribution is 5.37. The first-order valence-electron chi connectivity index (χ1n) is 7.97. The molecule has 0 saturated carbocycles. The Morgan fingerprint density at radius 2 is 2.09 bits per heavy atom. The third kappa shape index (κ3) is 4.34. The standard InChI is InChI=1S/C18H27N3O/c1-6-14(3)22-18-9-13(2)7-8-16(18)10-19-15(4)17-11-20-21(5)12-17/h7-9,11-12,14-15,19H,6,10H2,1-5H3. The predicted molar refractivity (Wildman–Crippen MR) is 90.0 cm³/mol. The van der Waals surface area contributed by atoms with Crippen LogP contribution in [0.4, 0.5) is 0 Å². The fourth-order valence-electron chi connectivity index (χ4n) is 2.26. The number of nitrogens with one attached hydrogen (secondary N) is 1. The van der Waals surface area contributed by atoms with E-state index in [9.17, 15) is 0 Å². The molecule has 2 unspecified atom stereocenters. The first-order chi connectivity index (χ1) is 10.5. The molecule has 1 aromatic heterocycles. The van der Waals surface area contributed by atoms with Gasteiger partial charge in [-0.2, -0.15) is 5.10 Å². The molecule has 0 radical (unpaired) electrons. The Morgan fingerprint density at radius 3 is 2.73 bits per heavy atom. The van der Waals surface area contributed by atoms with Gasteiger partial charge < -0.3 is 10.1 Å². The van der Waals surface area contributed by atoms with Gasteiger partial charge in [-0.25, -0.2) is 0 Å². The molecule has 2 rings (SSSR count). The maximum Gasteiger partial charge on any atom is 0.124 e. The summed E-state index contributed by atoms with van der Waals surface area (Å²) in [5.74, 6) is 0.986. The van der Waals surface area contributed by atoms with Crippen molar-refractivity contribution in [2.45, 2.75) is 52.8 Å². The highest BCUT2D eigenvalue weighted by Crippen LogP contribution is 2.23. The van der Waals surface area contributed by atoms with Crippen LogP contribution < -0.4 is 10.1 Å². The largest absolute Gasteiger partial charge is 0.490 e. The zero-order valence-electron chi connectivity index (χ0n) is 14.3. The van der Waals surface area contributed by atoms with Crippen LogP contribution in [0, 0.1) is 6.92 Å². The van der Waals surface area contributed by atoms with E-state index in [1.807, 2.05) is 24.1 Å². The van der Waals surface area contributed by atoms with Gasteiger partial charge in [0.1, 0.15) is 5.75 Å². The second-order valence-electron chi connectivity index (χ2n) is 6.00. The summed E-state index contributed by atoms with van der Waals surface area (Å²) in [6.45, 7) is 9.28. The first-order valence-corrected chi connectivity index (χ1v) is 7.97. The number of hydrogen-bond donors (Lipinski definition) is 1. The third-order valence-corrected chi connectivity index (χ3v) is 3.95. The molecule has 0 saturated heterocycles. The van der Waals surface area contributed by atoms with Crippen molar-refractivity contribution in [1.29, 1.82) is 0 Å². The highest BCUT2D eigenvalue weighted by atomic mass is 16.5. The average molecular weight is 301 g/mol. The summed E-state index contributed by atoms with van der Waals surface area (Å²) in [6.07, 6.45) is 5.19. The van der Waals surface area contributed by atoms with Crippen molar-refractivity contribution < 1.29 is 4.74 Å². The minimum absolute atomic E-state index is 0.233. The predicted octanol–water partition coefficient (Wildman–Crippen LogP) is 3.76. The Bertz CT molecular complexity index is 606. The van der Waals surface area contributed by atoms with Crippen molar-refractivity contribution in [1.82, 2.24) is 15.1 Å². The number of ether oxygens (including phenoxy) is 1. The average Bonchev–Trinajstić information content (AvgIpc) is 2.92. The normalized spacial score (nSPS) is 13.9. The number of benzene rings is 1. The molecule has 2 atom stereocenters. The molecule has 1 N–H and O–H groups in total. The van der Waals surface area contributed by atoms with Crippen LogP contribution in [0.2, 0.25) is 0 Å². The molecule has 0 fully saturated rings. The lowest BCUT2D eigenvalue weighted by Gasteiger charge is -2.18. The lowest BCUT2D eigenvalue weighted by molar-refractivity contribution is 0.214. The van der Waals surface area contributed by atoms with E-state index in [0.29, 0.717) is 0 Å². The van der Waals surface area contributed by atoms with E-state index in [0.717, 1.165) is 18.7 Å². The number of hydrogen-bond acceptors (Lipinski definition) is 3. The van der Waals surface area contributed by atoms with Crippen LogP contribution in [-0.4, -0.2) is 15.9 Å². The summed E-state index contributed by atoms with van der Waals surface area (Å²) < 4.78 is 7.89. The van der Waals surface area contributed by atoms with Crippen molar-refractivity contribution in [2.75, 3.05) is 0 Å². The summed E-state index contributed by atoms with van der Waals surface area (Å²) in [4.78, 5) is 0. The van der Waals surface area contributed by atoms with Gasteiger partial charge in [0.2, 0.25) is 0 Å². The Hall–Kier alpha value is -1.81. The molecule has 1 aromatic carbocycles. The van der Waals surface area contributed by atoms with Crippen molar-refractivity contribution in [3.63, 3.8) is 0 Å². The molecule has 22 heavy (non-hydrogen) atoms. The SMILES string of the molecule is CCC(C)Oc1cc(C)ccc1CNC(C)c1cnn(C)c1. The quantitative estimate of drug-likeness (QED) is 0.846. The lowest BCUT2D eigenvalue weighted by atomic mass is 10.1. The van der Waals surface area contributed by atoms with E-state index in [1.54, 1.807) is 0 Å². The van der Waals surface area contributed by atoms with Gasteiger partial charge in [0.25, 0.3) is 0 Å². The van der Waals surface area contributed by atoms with Crippen LogP contribution in [0.3, 0.4) is 0 Å². The number of rotatable bonds is 7. The zero-order chi connectivity index (χ0) is 16.1. The molecule has 0 aliphatic carbocycles. The van der Waals surface area contributed by atoms with Crippen LogP contribution in [0.25, 0.3) is 0 Å². The minimum Gasteiger partial charge on any atom is -0.490 e. The van der Waals surface area contributed by atoms with E-state index in [2.05, 4.69) is 56.3 Å². The maximum absolute atomic E-state index is 6.06. The molecule has 0 spiro atoms. The highest BCUT2D eigenvalue weighted by Gasteiger charge is 2.11. The van der Waals surface area contributed by atoms with Gasteiger partial charge in [0, 0.05) is 37.0 Å². The van der Waals surface area contributed by atoms with Gasteiger partial charge in [0.15, 0.2) is 0 Å². The van der Waals surface area contributed by atoms with Crippen molar-refractivity contribution in [3.8, 4) is 5.75 Å². The van der Waals surface area contributed by atoms with Gasteiger partial charge in [-0.05, 0) is 38.8 Å². The Labute approximate surface area is 133 Å². The maximum atomic E-state index is 6.06. The molecule has 4 nitrogen and oxygen atoms in total. The first kappa shape index (κ1) is 16.6. The van der Waals surface area contributed by atoms with Crippen LogP contribution >= 0.6 is 0 Å². The second kappa shape index (κ2) is 7.45. The summed E-state index contributed by atoms with van der Waals surface area (Å²) >= 11 is 0. The van der Waals surface area contributed by atoms with Crippen molar-refractivity contribution >= 4 is 0 Å². The van der Waals surface area contributed by atoms with E-state index in [-0.39, 0.29) is 12.1 Å². The van der Waals surface area contributed by atoms with Crippen molar-refractivity contribution in [2.24, 2.45) is 7.05 Å². The second-order valence-corrected chi connectivity index (χ2v) is 6.00. The lowest BCUT2D eigenvalue weighted by Crippen LogP contribution is -2.19. The van der Waals surface area contributed by atoms with E-state index in [1.165, 1.54) is 16.7 Å². The minimum atomic E-state index is 0.233. The van der Waals surface area contributed by atoms with Gasteiger partial charge >= 0.3 is 0 Å². The molecule has 0 bridgehead atoms. The smallest absolute Gasteiger partial charge is 0.124 e. The summed E-state index contributed by atoms with van der Waals surface area (Å²) in [5, 5.41) is 7.77. The summed E-state index contributed by atoms with van der Waals surface area (Å²) in [6, 6.07) is 6.66. The fourth-order valence-corrected chi connectivity index (χ4v) is 2.26. The third-order valence-electron chi connectivity index (χ3n) is 3.95. The fraction of sp³-hybridized carbons (Fsp3) is 0.500. The molecule has 1 heterocycles. The topological polar surface area (TPSA) is 39.1 Å². The molecule has 0 amide bonds. The van der Waals surface area contributed by atoms with E-state index < -0.39 is 0 Å². The molecule has 0 aliphatic heterocycles. The number of nitrogens with zero attached hydrogens (tertiary/aromatic N) is 2. The molecule has 120 valence electrons. The molecular formula is C18H27N3O. The van der Waals surface area contributed by atoms with Gasteiger partial charge in [0.05, 0.1) is 12.3 Å². The summed E-state index contributed by atoms with van der Waals surface area (Å²) in [5.41, 5.74) is 3.61. The number of aryl methyl sites for hydroxylation is 2. The van der Waals surface area contributed by atoms with Crippen molar-refractivity contribution in [3.05, 3.63) is 47.3 Å². The van der Waals surface area contributed by atoms with E-state index in [4.69, 9.17) is 4.74 Å². The van der Waals surface area contributed by atoms with Crippen LogP contribution in [0.5, 0.6) is 5.75 Å². The van der Waals surface area contributed by atoms with E-state index >= 15 is 0 Å². The Balaban J connectivity index is 2.05. The van der Waals surface area contributed by atoms with Gasteiger partial charge in [-0.3, -0.25) is 4.68 Å². The van der Waals surface area contributed by atoms with Gasteiger partial charge in [-0.15, -0.1) is 0 Å².